The van der Waals surface area contributed by atoms with Gasteiger partial charge in [-0.2, -0.15) is 13.2 Å². The summed E-state index contributed by atoms with van der Waals surface area (Å²) in [6.07, 6.45) is -2.84. The minimum Gasteiger partial charge on any atom is -0.393 e. The van der Waals surface area contributed by atoms with E-state index in [9.17, 15) is 26.7 Å². The van der Waals surface area contributed by atoms with Crippen LogP contribution in [0.1, 0.15) is 31.2 Å². The molecule has 1 aliphatic carbocycles. The molecule has 0 heterocycles. The topological polar surface area (TPSA) is 66.4 Å². The van der Waals surface area contributed by atoms with Crippen LogP contribution < -0.4 is 4.72 Å². The highest BCUT2D eigenvalue weighted by molar-refractivity contribution is 7.89. The molecule has 0 aromatic heterocycles. The molecular weight excluding hydrogens is 307 g/mol. The number of hydrogen-bond acceptors (Lipinski definition) is 3. The molecule has 4 nitrogen and oxygen atoms in total. The monoisotopic (exact) mass is 323 g/mol. The summed E-state index contributed by atoms with van der Waals surface area (Å²) in [7, 11) is -3.84. The van der Waals surface area contributed by atoms with Gasteiger partial charge in [0, 0.05) is 6.04 Å². The van der Waals surface area contributed by atoms with E-state index in [1.807, 2.05) is 0 Å². The molecule has 0 spiro atoms. The van der Waals surface area contributed by atoms with Crippen molar-refractivity contribution >= 4 is 10.0 Å². The Morgan fingerprint density at radius 2 is 1.57 bits per heavy atom. The number of sulfonamides is 1. The lowest BCUT2D eigenvalue weighted by molar-refractivity contribution is -0.137. The third kappa shape index (κ3) is 4.18. The van der Waals surface area contributed by atoms with Gasteiger partial charge < -0.3 is 5.11 Å². The van der Waals surface area contributed by atoms with Crippen LogP contribution in [-0.2, 0) is 16.2 Å². The van der Waals surface area contributed by atoms with Crippen molar-refractivity contribution in [2.45, 2.75) is 48.9 Å². The van der Waals surface area contributed by atoms with Crippen molar-refractivity contribution in [1.29, 1.82) is 0 Å². The maximum Gasteiger partial charge on any atom is 0.416 e. The summed E-state index contributed by atoms with van der Waals surface area (Å²) in [5.74, 6) is 0. The van der Waals surface area contributed by atoms with Gasteiger partial charge in [0.2, 0.25) is 10.0 Å². The Bertz CT molecular complexity index is 576. The number of rotatable bonds is 3. The fourth-order valence-electron chi connectivity index (χ4n) is 2.30. The summed E-state index contributed by atoms with van der Waals surface area (Å²) < 4.78 is 64.0. The molecule has 0 saturated heterocycles. The van der Waals surface area contributed by atoms with Gasteiger partial charge in [-0.15, -0.1) is 0 Å². The smallest absolute Gasteiger partial charge is 0.393 e. The maximum atomic E-state index is 12.4. The lowest BCUT2D eigenvalue weighted by atomic mass is 9.94. The van der Waals surface area contributed by atoms with Crippen LogP contribution in [0.5, 0.6) is 0 Å². The predicted octanol–water partition coefficient (Wildman–Crippen LogP) is 2.29. The average Bonchev–Trinajstić information content (AvgIpc) is 2.40. The molecule has 0 aliphatic heterocycles. The number of halogens is 3. The molecule has 2 rings (SSSR count). The number of aliphatic hydroxyl groups excluding tert-OH is 1. The van der Waals surface area contributed by atoms with Crippen LogP contribution in [-0.4, -0.2) is 25.7 Å². The summed E-state index contributed by atoms with van der Waals surface area (Å²) in [6, 6.07) is 3.10. The number of nitrogens with one attached hydrogen (secondary N) is 1. The predicted molar refractivity (Wildman–Crippen MR) is 70.0 cm³/mol. The Hall–Kier alpha value is -1.12. The molecule has 1 aromatic carbocycles. The molecule has 1 aromatic rings. The van der Waals surface area contributed by atoms with Gasteiger partial charge in [-0.05, 0) is 49.9 Å². The molecule has 1 aliphatic rings. The summed E-state index contributed by atoms with van der Waals surface area (Å²) in [5, 5.41) is 9.37. The molecule has 8 heteroatoms. The van der Waals surface area contributed by atoms with Gasteiger partial charge in [0.25, 0.3) is 0 Å². The van der Waals surface area contributed by atoms with Crippen LogP contribution in [0.15, 0.2) is 29.2 Å². The highest BCUT2D eigenvalue weighted by Crippen LogP contribution is 2.30. The second-order valence-electron chi connectivity index (χ2n) is 5.15. The van der Waals surface area contributed by atoms with Crippen LogP contribution >= 0.6 is 0 Å². The number of aliphatic hydroxyl groups is 1. The Kier molecular flexibility index (Phi) is 4.60. The van der Waals surface area contributed by atoms with Crippen molar-refractivity contribution in [2.24, 2.45) is 0 Å². The first-order valence-electron chi connectivity index (χ1n) is 6.56. The molecule has 2 N–H and O–H groups in total. The van der Waals surface area contributed by atoms with Gasteiger partial charge >= 0.3 is 6.18 Å². The van der Waals surface area contributed by atoms with E-state index in [0.717, 1.165) is 24.3 Å². The number of alkyl halides is 3. The zero-order valence-electron chi connectivity index (χ0n) is 11.1. The molecule has 0 amide bonds. The van der Waals surface area contributed by atoms with Crippen LogP contribution in [0.25, 0.3) is 0 Å². The van der Waals surface area contributed by atoms with E-state index in [2.05, 4.69) is 4.72 Å². The number of benzene rings is 1. The Morgan fingerprint density at radius 3 is 2.05 bits per heavy atom. The van der Waals surface area contributed by atoms with Gasteiger partial charge in [0.15, 0.2) is 0 Å². The Morgan fingerprint density at radius 1 is 1.05 bits per heavy atom. The quantitative estimate of drug-likeness (QED) is 0.897. The standard InChI is InChI=1S/C13H16F3NO3S/c14-13(15,16)9-1-7-12(8-2-9)21(19,20)17-10-3-5-11(18)6-4-10/h1-2,7-8,10-11,17-18H,3-6H2/t10-,11-. The molecule has 0 unspecified atom stereocenters. The minimum absolute atomic E-state index is 0.193. The van der Waals surface area contributed by atoms with Crippen LogP contribution in [0.4, 0.5) is 13.2 Å². The highest BCUT2D eigenvalue weighted by Gasteiger charge is 2.31. The molecule has 0 radical (unpaired) electrons. The molecule has 1 fully saturated rings. The molecular formula is C13H16F3NO3S. The van der Waals surface area contributed by atoms with E-state index in [1.54, 1.807) is 0 Å². The maximum absolute atomic E-state index is 12.4. The van der Waals surface area contributed by atoms with E-state index in [1.165, 1.54) is 0 Å². The normalized spacial score (nSPS) is 24.0. The third-order valence-electron chi connectivity index (χ3n) is 3.51. The van der Waals surface area contributed by atoms with Gasteiger partial charge in [-0.1, -0.05) is 0 Å². The summed E-state index contributed by atoms with van der Waals surface area (Å²) >= 11 is 0. The van der Waals surface area contributed by atoms with Gasteiger partial charge in [-0.25, -0.2) is 13.1 Å². The van der Waals surface area contributed by atoms with Gasteiger partial charge in [0.05, 0.1) is 16.6 Å². The largest absolute Gasteiger partial charge is 0.416 e. The van der Waals surface area contributed by atoms with Crippen molar-refractivity contribution in [3.63, 3.8) is 0 Å². The molecule has 0 bridgehead atoms. The van der Waals surface area contributed by atoms with Crippen LogP contribution in [0.2, 0.25) is 0 Å². The van der Waals surface area contributed by atoms with Crippen LogP contribution in [0.3, 0.4) is 0 Å². The van der Waals surface area contributed by atoms with Crippen LogP contribution in [0, 0.1) is 0 Å². The lowest BCUT2D eigenvalue weighted by Crippen LogP contribution is -2.38. The zero-order valence-corrected chi connectivity index (χ0v) is 11.9. The first-order valence-corrected chi connectivity index (χ1v) is 8.04. The van der Waals surface area contributed by atoms with Crippen molar-refractivity contribution < 1.29 is 26.7 Å². The molecule has 21 heavy (non-hydrogen) atoms. The summed E-state index contributed by atoms with van der Waals surface area (Å²) in [5.41, 5.74) is -0.887. The lowest BCUT2D eigenvalue weighted by Gasteiger charge is -2.26. The first kappa shape index (κ1) is 16.3. The fourth-order valence-corrected chi connectivity index (χ4v) is 3.61. The molecule has 1 saturated carbocycles. The van der Waals surface area contributed by atoms with Crippen molar-refractivity contribution in [3.8, 4) is 0 Å². The highest BCUT2D eigenvalue weighted by atomic mass is 32.2. The second kappa shape index (κ2) is 5.94. The van der Waals surface area contributed by atoms with Crippen molar-refractivity contribution in [3.05, 3.63) is 29.8 Å². The first-order chi connectivity index (χ1) is 9.68. The summed E-state index contributed by atoms with van der Waals surface area (Å²) in [6.45, 7) is 0. The van der Waals surface area contributed by atoms with Crippen molar-refractivity contribution in [1.82, 2.24) is 4.72 Å². The minimum atomic E-state index is -4.49. The Labute approximate surface area is 121 Å². The van der Waals surface area contributed by atoms with Crippen molar-refractivity contribution in [2.75, 3.05) is 0 Å². The Balaban J connectivity index is 2.09. The van der Waals surface area contributed by atoms with Gasteiger partial charge in [-0.3, -0.25) is 0 Å². The van der Waals surface area contributed by atoms with Gasteiger partial charge in [0.1, 0.15) is 0 Å². The van der Waals surface area contributed by atoms with E-state index < -0.39 is 27.9 Å². The van der Waals surface area contributed by atoms with E-state index in [0.29, 0.717) is 25.7 Å². The number of hydrogen-bond donors (Lipinski definition) is 2. The van der Waals surface area contributed by atoms with E-state index in [4.69, 9.17) is 0 Å². The van der Waals surface area contributed by atoms with E-state index >= 15 is 0 Å². The summed E-state index contributed by atoms with van der Waals surface area (Å²) in [4.78, 5) is -0.193. The SMILES string of the molecule is O=S(=O)(N[C@H]1CC[C@H](O)CC1)c1ccc(C(F)(F)F)cc1. The average molecular weight is 323 g/mol. The third-order valence-corrected chi connectivity index (χ3v) is 5.05. The second-order valence-corrected chi connectivity index (χ2v) is 6.86. The fraction of sp³-hybridized carbons (Fsp3) is 0.538. The zero-order chi connectivity index (χ0) is 15.7. The van der Waals surface area contributed by atoms with E-state index in [-0.39, 0.29) is 10.9 Å². The molecule has 118 valence electrons. The molecule has 0 atom stereocenters.